The minimum absolute atomic E-state index is 0.0483. The summed E-state index contributed by atoms with van der Waals surface area (Å²) < 4.78 is 5.97. The Bertz CT molecular complexity index is 773. The number of aromatic nitrogens is 2. The van der Waals surface area contributed by atoms with Gasteiger partial charge in [-0.25, -0.2) is 9.48 Å². The van der Waals surface area contributed by atoms with Gasteiger partial charge in [0.2, 0.25) is 0 Å². The number of benzene rings is 1. The lowest BCUT2D eigenvalue weighted by molar-refractivity contribution is -0.139. The Kier molecular flexibility index (Phi) is 5.80. The predicted octanol–water partition coefficient (Wildman–Crippen LogP) is 0.445. The van der Waals surface area contributed by atoms with Crippen LogP contribution < -0.4 is 10.9 Å². The van der Waals surface area contributed by atoms with Crippen LogP contribution in [0.1, 0.15) is 22.1 Å². The van der Waals surface area contributed by atoms with Gasteiger partial charge in [0.15, 0.2) is 6.04 Å². The van der Waals surface area contributed by atoms with Crippen molar-refractivity contribution in [2.45, 2.75) is 12.6 Å². The Morgan fingerprint density at radius 2 is 1.96 bits per heavy atom. The summed E-state index contributed by atoms with van der Waals surface area (Å²) in [6.45, 7) is 0.456. The van der Waals surface area contributed by atoms with Gasteiger partial charge < -0.3 is 15.2 Å². The minimum Gasteiger partial charge on any atom is -0.479 e. The van der Waals surface area contributed by atoms with Crippen molar-refractivity contribution < 1.29 is 19.4 Å². The zero-order chi connectivity index (χ0) is 17.5. The maximum absolute atomic E-state index is 12.3. The first-order valence-corrected chi connectivity index (χ1v) is 7.18. The molecule has 1 unspecified atom stereocenters. The number of carboxylic acids is 1. The molecule has 2 rings (SSSR count). The molecule has 0 aliphatic rings. The molecule has 1 heterocycles. The van der Waals surface area contributed by atoms with Crippen molar-refractivity contribution in [2.24, 2.45) is 0 Å². The van der Waals surface area contributed by atoms with Gasteiger partial charge in [-0.15, -0.1) is 0 Å². The van der Waals surface area contributed by atoms with E-state index in [1.54, 1.807) is 30.3 Å². The van der Waals surface area contributed by atoms with Crippen molar-refractivity contribution >= 4 is 11.9 Å². The molecule has 0 saturated carbocycles. The van der Waals surface area contributed by atoms with E-state index in [0.29, 0.717) is 5.56 Å². The first kappa shape index (κ1) is 17.4. The first-order chi connectivity index (χ1) is 11.5. The van der Waals surface area contributed by atoms with Crippen LogP contribution in [0.15, 0.2) is 47.3 Å². The van der Waals surface area contributed by atoms with E-state index in [0.717, 1.165) is 4.68 Å². The van der Waals surface area contributed by atoms with Gasteiger partial charge in [-0.3, -0.25) is 9.59 Å². The van der Waals surface area contributed by atoms with Crippen LogP contribution in [0.4, 0.5) is 0 Å². The molecule has 0 spiro atoms. The number of rotatable bonds is 7. The van der Waals surface area contributed by atoms with E-state index < -0.39 is 17.9 Å². The molecular weight excluding hydrogens is 314 g/mol. The van der Waals surface area contributed by atoms with E-state index in [1.807, 2.05) is 0 Å². The summed E-state index contributed by atoms with van der Waals surface area (Å²) >= 11 is 0. The molecule has 1 aromatic heterocycles. The number of methoxy groups -OCH3 is 1. The topological polar surface area (TPSA) is 111 Å². The number of hydrogen-bond acceptors (Lipinski definition) is 5. The number of hydrogen-bond donors (Lipinski definition) is 2. The van der Waals surface area contributed by atoms with Crippen LogP contribution >= 0.6 is 0 Å². The summed E-state index contributed by atoms with van der Waals surface area (Å²) in [5.41, 5.74) is 0.0142. The summed E-state index contributed by atoms with van der Waals surface area (Å²) in [6.07, 6.45) is 0. The number of carbonyl (C=O) groups is 2. The second kappa shape index (κ2) is 8.02. The fourth-order valence-corrected chi connectivity index (χ4v) is 2.05. The average molecular weight is 331 g/mol. The van der Waals surface area contributed by atoms with E-state index >= 15 is 0 Å². The molecule has 0 bridgehead atoms. The molecule has 0 saturated heterocycles. The number of nitrogens with one attached hydrogen (secondary N) is 1. The van der Waals surface area contributed by atoms with Gasteiger partial charge in [0.05, 0.1) is 13.2 Å². The fourth-order valence-electron chi connectivity index (χ4n) is 2.05. The van der Waals surface area contributed by atoms with Gasteiger partial charge in [0.25, 0.3) is 11.5 Å². The predicted molar refractivity (Wildman–Crippen MR) is 84.7 cm³/mol. The molecule has 1 aromatic carbocycles. The summed E-state index contributed by atoms with van der Waals surface area (Å²) in [7, 11) is 1.49. The van der Waals surface area contributed by atoms with E-state index in [-0.39, 0.29) is 24.4 Å². The highest BCUT2D eigenvalue weighted by atomic mass is 16.5. The van der Waals surface area contributed by atoms with E-state index in [2.05, 4.69) is 10.4 Å². The average Bonchev–Trinajstić information content (AvgIpc) is 2.59. The van der Waals surface area contributed by atoms with Crippen molar-refractivity contribution in [3.05, 3.63) is 64.1 Å². The van der Waals surface area contributed by atoms with Gasteiger partial charge >= 0.3 is 5.97 Å². The Balaban J connectivity index is 2.21. The standard InChI is InChI=1S/C16H17N3O5/c1-24-10-9-19-13(20)8-7-12(18-19)15(21)17-14(16(22)23)11-5-3-2-4-6-11/h2-8,14H,9-10H2,1H3,(H,17,21)(H,22,23). The maximum Gasteiger partial charge on any atom is 0.330 e. The largest absolute Gasteiger partial charge is 0.479 e. The molecular formula is C16H17N3O5. The molecule has 1 atom stereocenters. The summed E-state index contributed by atoms with van der Waals surface area (Å²) in [4.78, 5) is 35.4. The van der Waals surface area contributed by atoms with E-state index in [1.165, 1.54) is 19.2 Å². The minimum atomic E-state index is -1.21. The molecule has 0 radical (unpaired) electrons. The first-order valence-electron chi connectivity index (χ1n) is 7.18. The van der Waals surface area contributed by atoms with Gasteiger partial charge in [-0.05, 0) is 11.6 Å². The number of amides is 1. The molecule has 24 heavy (non-hydrogen) atoms. The SMILES string of the molecule is COCCn1nc(C(=O)NC(C(=O)O)c2ccccc2)ccc1=O. The monoisotopic (exact) mass is 331 g/mol. The van der Waals surface area contributed by atoms with Crippen LogP contribution in [-0.2, 0) is 16.1 Å². The zero-order valence-electron chi connectivity index (χ0n) is 13.0. The van der Waals surface area contributed by atoms with Gasteiger partial charge in [-0.1, -0.05) is 30.3 Å². The molecule has 2 aromatic rings. The van der Waals surface area contributed by atoms with Crippen LogP contribution in [0.25, 0.3) is 0 Å². The molecule has 8 nitrogen and oxygen atoms in total. The molecule has 0 fully saturated rings. The van der Waals surface area contributed by atoms with Crippen molar-refractivity contribution in [2.75, 3.05) is 13.7 Å². The van der Waals surface area contributed by atoms with E-state index in [9.17, 15) is 19.5 Å². The van der Waals surface area contributed by atoms with Crippen molar-refractivity contribution in [1.29, 1.82) is 0 Å². The molecule has 2 N–H and O–H groups in total. The molecule has 8 heteroatoms. The van der Waals surface area contributed by atoms with Gasteiger partial charge in [-0.2, -0.15) is 5.10 Å². The number of nitrogens with zero attached hydrogens (tertiary/aromatic N) is 2. The lowest BCUT2D eigenvalue weighted by atomic mass is 10.1. The number of ether oxygens (including phenoxy) is 1. The normalized spacial score (nSPS) is 11.7. The summed E-state index contributed by atoms with van der Waals surface area (Å²) in [5, 5.41) is 15.7. The van der Waals surface area contributed by atoms with Crippen LogP contribution in [-0.4, -0.2) is 40.5 Å². The smallest absolute Gasteiger partial charge is 0.330 e. The van der Waals surface area contributed by atoms with Crippen molar-refractivity contribution in [3.63, 3.8) is 0 Å². The second-order valence-electron chi connectivity index (χ2n) is 4.93. The third-order valence-electron chi connectivity index (χ3n) is 3.26. The molecule has 0 aliphatic carbocycles. The van der Waals surface area contributed by atoms with Crippen molar-refractivity contribution in [1.82, 2.24) is 15.1 Å². The van der Waals surface area contributed by atoms with E-state index in [4.69, 9.17) is 4.74 Å². The van der Waals surface area contributed by atoms with Crippen molar-refractivity contribution in [3.8, 4) is 0 Å². The third-order valence-corrected chi connectivity index (χ3v) is 3.26. The van der Waals surface area contributed by atoms with Gasteiger partial charge in [0, 0.05) is 13.2 Å². The fraction of sp³-hybridized carbons (Fsp3) is 0.250. The second-order valence-corrected chi connectivity index (χ2v) is 4.93. The summed E-state index contributed by atoms with van der Waals surface area (Å²) in [5.74, 6) is -1.88. The van der Waals surface area contributed by atoms with Gasteiger partial charge in [0.1, 0.15) is 5.69 Å². The Morgan fingerprint density at radius 3 is 2.58 bits per heavy atom. The number of aliphatic carboxylic acids is 1. The third kappa shape index (κ3) is 4.26. The number of carboxylic acid groups (broad SMARTS) is 1. The molecule has 1 amide bonds. The Labute approximate surface area is 137 Å². The molecule has 0 aliphatic heterocycles. The summed E-state index contributed by atoms with van der Waals surface area (Å²) in [6, 6.07) is 9.57. The quantitative estimate of drug-likeness (QED) is 0.762. The highest BCUT2D eigenvalue weighted by Gasteiger charge is 2.23. The highest BCUT2D eigenvalue weighted by Crippen LogP contribution is 2.13. The maximum atomic E-state index is 12.3. The lowest BCUT2D eigenvalue weighted by Gasteiger charge is -2.15. The van der Waals surface area contributed by atoms with Crippen LogP contribution in [0.2, 0.25) is 0 Å². The molecule has 126 valence electrons. The zero-order valence-corrected chi connectivity index (χ0v) is 13.0. The lowest BCUT2D eigenvalue weighted by Crippen LogP contribution is -2.36. The number of carbonyl (C=O) groups excluding carboxylic acids is 1. The highest BCUT2D eigenvalue weighted by molar-refractivity contribution is 5.95. The Morgan fingerprint density at radius 1 is 1.25 bits per heavy atom. The van der Waals surface area contributed by atoms with Crippen LogP contribution in [0, 0.1) is 0 Å². The van der Waals surface area contributed by atoms with Crippen LogP contribution in [0.5, 0.6) is 0 Å². The Hall–Kier alpha value is -3.00. The van der Waals surface area contributed by atoms with Crippen LogP contribution in [0.3, 0.4) is 0 Å².